The molecule has 1 amide bonds. The molecule has 4 nitrogen and oxygen atoms in total. The van der Waals surface area contributed by atoms with Gasteiger partial charge in [0, 0.05) is 25.7 Å². The van der Waals surface area contributed by atoms with Gasteiger partial charge in [-0.05, 0) is 31.0 Å². The maximum Gasteiger partial charge on any atom is 0.251 e. The Morgan fingerprint density at radius 1 is 1.30 bits per heavy atom. The molecule has 0 heterocycles. The summed E-state index contributed by atoms with van der Waals surface area (Å²) in [7, 11) is 1.62. The Kier molecular flexibility index (Phi) is 6.36. The van der Waals surface area contributed by atoms with E-state index >= 15 is 0 Å². The molecule has 20 heavy (non-hydrogen) atoms. The van der Waals surface area contributed by atoms with Gasteiger partial charge in [0.2, 0.25) is 0 Å². The topological polar surface area (TPSA) is 58.4 Å². The first kappa shape index (κ1) is 16.3. The number of nitrogens with two attached hydrogens (primary N) is 1. The SMILES string of the molecule is CCC(CC)CN(CC)c1ccc(C(=O)NC)cc1N. The molecule has 0 aliphatic carbocycles. The summed E-state index contributed by atoms with van der Waals surface area (Å²) in [6, 6.07) is 5.54. The van der Waals surface area contributed by atoms with Crippen molar-refractivity contribution in [2.24, 2.45) is 5.92 Å². The molecule has 0 atom stereocenters. The smallest absolute Gasteiger partial charge is 0.251 e. The average Bonchev–Trinajstić information content (AvgIpc) is 2.48. The first-order valence-corrected chi connectivity index (χ1v) is 7.43. The summed E-state index contributed by atoms with van der Waals surface area (Å²) < 4.78 is 0. The average molecular weight is 277 g/mol. The first-order chi connectivity index (χ1) is 9.57. The zero-order valence-electron chi connectivity index (χ0n) is 13.1. The number of anilines is 2. The summed E-state index contributed by atoms with van der Waals surface area (Å²) in [5.41, 5.74) is 8.42. The molecule has 0 aliphatic heterocycles. The monoisotopic (exact) mass is 277 g/mol. The molecule has 0 unspecified atom stereocenters. The van der Waals surface area contributed by atoms with Crippen LogP contribution < -0.4 is 16.0 Å². The van der Waals surface area contributed by atoms with Crippen molar-refractivity contribution >= 4 is 17.3 Å². The highest BCUT2D eigenvalue weighted by Gasteiger charge is 2.14. The lowest BCUT2D eigenvalue weighted by atomic mass is 10.0. The zero-order valence-corrected chi connectivity index (χ0v) is 13.1. The van der Waals surface area contributed by atoms with Crippen LogP contribution in [0.1, 0.15) is 44.0 Å². The summed E-state index contributed by atoms with van der Waals surface area (Å²) >= 11 is 0. The van der Waals surface area contributed by atoms with Crippen LogP contribution in [0.5, 0.6) is 0 Å². The number of hydrogen-bond acceptors (Lipinski definition) is 3. The number of hydrogen-bond donors (Lipinski definition) is 2. The molecule has 0 spiro atoms. The predicted molar refractivity (Wildman–Crippen MR) is 86.2 cm³/mol. The number of nitrogens with one attached hydrogen (secondary N) is 1. The molecule has 0 bridgehead atoms. The molecule has 0 radical (unpaired) electrons. The molecular weight excluding hydrogens is 250 g/mol. The molecule has 3 N–H and O–H groups in total. The van der Waals surface area contributed by atoms with Crippen LogP contribution in [0.3, 0.4) is 0 Å². The third-order valence-corrected chi connectivity index (χ3v) is 3.87. The lowest BCUT2D eigenvalue weighted by molar-refractivity contribution is 0.0963. The van der Waals surface area contributed by atoms with Crippen molar-refractivity contribution < 1.29 is 4.79 Å². The van der Waals surface area contributed by atoms with Crippen molar-refractivity contribution in [3.63, 3.8) is 0 Å². The number of benzene rings is 1. The number of amides is 1. The van der Waals surface area contributed by atoms with E-state index < -0.39 is 0 Å². The fourth-order valence-electron chi connectivity index (χ4n) is 2.38. The van der Waals surface area contributed by atoms with Gasteiger partial charge in [0.1, 0.15) is 0 Å². The third kappa shape index (κ3) is 3.89. The number of nitrogens with zero attached hydrogens (tertiary/aromatic N) is 1. The fourth-order valence-corrected chi connectivity index (χ4v) is 2.38. The second-order valence-corrected chi connectivity index (χ2v) is 5.07. The molecule has 0 saturated carbocycles. The van der Waals surface area contributed by atoms with Crippen LogP contribution in [0.2, 0.25) is 0 Å². The van der Waals surface area contributed by atoms with Crippen LogP contribution >= 0.6 is 0 Å². The molecule has 0 aliphatic rings. The Bertz CT molecular complexity index is 441. The van der Waals surface area contributed by atoms with Gasteiger partial charge >= 0.3 is 0 Å². The largest absolute Gasteiger partial charge is 0.397 e. The van der Waals surface area contributed by atoms with E-state index in [0.29, 0.717) is 17.2 Å². The van der Waals surface area contributed by atoms with Crippen LogP contribution in [-0.2, 0) is 0 Å². The summed E-state index contributed by atoms with van der Waals surface area (Å²) in [5, 5.41) is 2.61. The van der Waals surface area contributed by atoms with Crippen molar-refractivity contribution in [3.05, 3.63) is 23.8 Å². The number of carbonyl (C=O) groups is 1. The minimum atomic E-state index is -0.105. The van der Waals surface area contributed by atoms with Crippen LogP contribution in [0.25, 0.3) is 0 Å². The zero-order chi connectivity index (χ0) is 15.1. The summed E-state index contributed by atoms with van der Waals surface area (Å²) in [6.07, 6.45) is 2.34. The molecular formula is C16H27N3O. The van der Waals surface area contributed by atoms with Gasteiger partial charge in [0.25, 0.3) is 5.91 Å². The molecule has 4 heteroatoms. The summed E-state index contributed by atoms with van der Waals surface area (Å²) in [5.74, 6) is 0.569. The van der Waals surface area contributed by atoms with E-state index in [4.69, 9.17) is 5.73 Å². The van der Waals surface area contributed by atoms with Gasteiger partial charge in [0.05, 0.1) is 11.4 Å². The molecule has 0 saturated heterocycles. The van der Waals surface area contributed by atoms with E-state index in [1.807, 2.05) is 12.1 Å². The Morgan fingerprint density at radius 2 is 1.95 bits per heavy atom. The van der Waals surface area contributed by atoms with Crippen molar-refractivity contribution in [3.8, 4) is 0 Å². The van der Waals surface area contributed by atoms with Crippen molar-refractivity contribution in [1.82, 2.24) is 5.32 Å². The summed E-state index contributed by atoms with van der Waals surface area (Å²) in [6.45, 7) is 8.50. The lowest BCUT2D eigenvalue weighted by Crippen LogP contribution is -2.29. The van der Waals surface area contributed by atoms with Gasteiger partial charge in [-0.2, -0.15) is 0 Å². The van der Waals surface area contributed by atoms with Crippen LogP contribution in [0.4, 0.5) is 11.4 Å². The molecule has 1 aromatic rings. The van der Waals surface area contributed by atoms with Gasteiger partial charge in [-0.15, -0.1) is 0 Å². The second kappa shape index (κ2) is 7.78. The van der Waals surface area contributed by atoms with Gasteiger partial charge in [-0.3, -0.25) is 4.79 Å². The third-order valence-electron chi connectivity index (χ3n) is 3.87. The van der Waals surface area contributed by atoms with Crippen molar-refractivity contribution in [1.29, 1.82) is 0 Å². The Balaban J connectivity index is 2.96. The van der Waals surface area contributed by atoms with E-state index in [1.54, 1.807) is 13.1 Å². The van der Waals surface area contributed by atoms with E-state index in [2.05, 4.69) is 31.0 Å². The molecule has 0 aromatic heterocycles. The minimum Gasteiger partial charge on any atom is -0.397 e. The number of rotatable bonds is 7. The normalized spacial score (nSPS) is 10.7. The van der Waals surface area contributed by atoms with Crippen molar-refractivity contribution in [2.75, 3.05) is 30.8 Å². The van der Waals surface area contributed by atoms with Gasteiger partial charge in [-0.25, -0.2) is 0 Å². The molecule has 1 aromatic carbocycles. The highest BCUT2D eigenvalue weighted by Crippen LogP contribution is 2.26. The molecule has 0 fully saturated rings. The number of carbonyl (C=O) groups excluding carboxylic acids is 1. The van der Waals surface area contributed by atoms with Crippen LogP contribution in [0, 0.1) is 5.92 Å². The predicted octanol–water partition coefficient (Wildman–Crippen LogP) is 2.89. The van der Waals surface area contributed by atoms with E-state index in [0.717, 1.165) is 18.8 Å². The lowest BCUT2D eigenvalue weighted by Gasteiger charge is -2.28. The Morgan fingerprint density at radius 3 is 2.40 bits per heavy atom. The Hall–Kier alpha value is -1.71. The minimum absolute atomic E-state index is 0.105. The quantitative estimate of drug-likeness (QED) is 0.753. The van der Waals surface area contributed by atoms with Crippen LogP contribution in [0.15, 0.2) is 18.2 Å². The van der Waals surface area contributed by atoms with E-state index in [9.17, 15) is 4.79 Å². The standard InChI is InChI=1S/C16H27N3O/c1-5-12(6-2)11-19(7-3)15-9-8-13(10-14(15)17)16(20)18-4/h8-10,12H,5-7,11,17H2,1-4H3,(H,18,20). The first-order valence-electron chi connectivity index (χ1n) is 7.43. The number of nitrogen functional groups attached to an aromatic ring is 1. The van der Waals surface area contributed by atoms with Crippen molar-refractivity contribution in [2.45, 2.75) is 33.6 Å². The molecule has 112 valence electrons. The van der Waals surface area contributed by atoms with Gasteiger partial charge in [0.15, 0.2) is 0 Å². The van der Waals surface area contributed by atoms with Crippen LogP contribution in [-0.4, -0.2) is 26.0 Å². The van der Waals surface area contributed by atoms with E-state index in [1.165, 1.54) is 12.8 Å². The maximum atomic E-state index is 11.6. The van der Waals surface area contributed by atoms with Gasteiger partial charge < -0.3 is 16.0 Å². The van der Waals surface area contributed by atoms with Gasteiger partial charge in [-0.1, -0.05) is 26.7 Å². The molecule has 1 rings (SSSR count). The Labute approximate surface area is 122 Å². The highest BCUT2D eigenvalue weighted by molar-refractivity contribution is 5.96. The van der Waals surface area contributed by atoms with E-state index in [-0.39, 0.29) is 5.91 Å². The second-order valence-electron chi connectivity index (χ2n) is 5.07. The highest BCUT2D eigenvalue weighted by atomic mass is 16.1. The fraction of sp³-hybridized carbons (Fsp3) is 0.562. The maximum absolute atomic E-state index is 11.6. The summed E-state index contributed by atoms with van der Waals surface area (Å²) in [4.78, 5) is 13.9.